The average molecular weight is 417 g/mol. The molecule has 0 radical (unpaired) electrons. The van der Waals surface area contributed by atoms with Crippen LogP contribution >= 0.6 is 0 Å². The van der Waals surface area contributed by atoms with Crippen molar-refractivity contribution in [2.75, 3.05) is 6.54 Å². The standard InChI is InChI=1S/C24H24FN5O/c1-17(18-6-4-3-5-7-18)24(31)27-13-15-30-22(23-26-12-14-29(23)2)21(16-28-30)19-8-10-20(25)11-9-19/h3-12,14,16-17H,13,15H2,1-2H3,(H,27,31)/t17-/m1/s1. The maximum Gasteiger partial charge on any atom is 0.227 e. The lowest BCUT2D eigenvalue weighted by atomic mass is 10.0. The van der Waals surface area contributed by atoms with E-state index in [4.69, 9.17) is 0 Å². The van der Waals surface area contributed by atoms with Crippen LogP contribution in [0.25, 0.3) is 22.6 Å². The smallest absolute Gasteiger partial charge is 0.227 e. The molecular formula is C24H24FN5O. The van der Waals surface area contributed by atoms with Crippen molar-refractivity contribution in [3.8, 4) is 22.6 Å². The lowest BCUT2D eigenvalue weighted by Crippen LogP contribution is -2.31. The number of aromatic nitrogens is 4. The van der Waals surface area contributed by atoms with Crippen molar-refractivity contribution in [1.29, 1.82) is 0 Å². The summed E-state index contributed by atoms with van der Waals surface area (Å²) in [6, 6.07) is 16.0. The van der Waals surface area contributed by atoms with Crippen LogP contribution in [-0.4, -0.2) is 31.8 Å². The molecule has 158 valence electrons. The number of imidazole rings is 1. The van der Waals surface area contributed by atoms with Crippen molar-refractivity contribution in [1.82, 2.24) is 24.6 Å². The van der Waals surface area contributed by atoms with Crippen molar-refractivity contribution < 1.29 is 9.18 Å². The molecule has 4 aromatic rings. The maximum atomic E-state index is 13.4. The van der Waals surface area contributed by atoms with Crippen LogP contribution in [0.2, 0.25) is 0 Å². The molecule has 1 amide bonds. The van der Waals surface area contributed by atoms with Crippen molar-refractivity contribution in [2.45, 2.75) is 19.4 Å². The molecular weight excluding hydrogens is 393 g/mol. The fourth-order valence-corrected chi connectivity index (χ4v) is 3.56. The number of carbonyl (C=O) groups excluding carboxylic acids is 1. The maximum absolute atomic E-state index is 13.4. The van der Waals surface area contributed by atoms with E-state index in [1.54, 1.807) is 24.5 Å². The van der Waals surface area contributed by atoms with Gasteiger partial charge < -0.3 is 9.88 Å². The van der Waals surface area contributed by atoms with E-state index in [1.807, 2.05) is 59.7 Å². The third-order valence-corrected chi connectivity index (χ3v) is 5.34. The summed E-state index contributed by atoms with van der Waals surface area (Å²) in [6.45, 7) is 2.80. The number of hydrogen-bond donors (Lipinski definition) is 1. The molecule has 2 aromatic heterocycles. The molecule has 0 fully saturated rings. The van der Waals surface area contributed by atoms with Crippen LogP contribution in [0.4, 0.5) is 4.39 Å². The average Bonchev–Trinajstić information content (AvgIpc) is 3.40. The topological polar surface area (TPSA) is 64.7 Å². The van der Waals surface area contributed by atoms with Crippen LogP contribution in [0, 0.1) is 5.82 Å². The summed E-state index contributed by atoms with van der Waals surface area (Å²) in [7, 11) is 1.91. The number of rotatable bonds is 7. The first-order valence-electron chi connectivity index (χ1n) is 10.2. The fraction of sp³-hybridized carbons (Fsp3) is 0.208. The van der Waals surface area contributed by atoms with E-state index in [9.17, 15) is 9.18 Å². The number of nitrogens with zero attached hydrogens (tertiary/aromatic N) is 4. The van der Waals surface area contributed by atoms with Gasteiger partial charge in [-0.3, -0.25) is 9.48 Å². The van der Waals surface area contributed by atoms with Crippen molar-refractivity contribution in [3.05, 3.63) is 84.6 Å². The van der Waals surface area contributed by atoms with Gasteiger partial charge >= 0.3 is 0 Å². The Bertz CT molecular complexity index is 1160. The molecule has 0 spiro atoms. The SMILES string of the molecule is C[C@@H](C(=O)NCCn1ncc(-c2ccc(F)cc2)c1-c1nccn1C)c1ccccc1. The summed E-state index contributed by atoms with van der Waals surface area (Å²) >= 11 is 0. The first-order chi connectivity index (χ1) is 15.0. The highest BCUT2D eigenvalue weighted by Crippen LogP contribution is 2.31. The molecule has 0 aliphatic rings. The Labute approximate surface area is 180 Å². The Hall–Kier alpha value is -3.74. The molecule has 0 saturated carbocycles. The predicted molar refractivity (Wildman–Crippen MR) is 118 cm³/mol. The Morgan fingerprint density at radius 3 is 2.55 bits per heavy atom. The van der Waals surface area contributed by atoms with E-state index in [0.717, 1.165) is 28.2 Å². The summed E-state index contributed by atoms with van der Waals surface area (Å²) in [4.78, 5) is 17.0. The summed E-state index contributed by atoms with van der Waals surface area (Å²) in [5.74, 6) is 0.198. The molecule has 1 N–H and O–H groups in total. The lowest BCUT2D eigenvalue weighted by molar-refractivity contribution is -0.122. The van der Waals surface area contributed by atoms with Gasteiger partial charge in [0.25, 0.3) is 0 Å². The highest BCUT2D eigenvalue weighted by Gasteiger charge is 2.19. The summed E-state index contributed by atoms with van der Waals surface area (Å²) in [6.07, 6.45) is 5.35. The van der Waals surface area contributed by atoms with Gasteiger partial charge in [0, 0.05) is 31.5 Å². The second-order valence-corrected chi connectivity index (χ2v) is 7.42. The van der Waals surface area contributed by atoms with Crippen LogP contribution in [-0.2, 0) is 18.4 Å². The highest BCUT2D eigenvalue weighted by atomic mass is 19.1. The second kappa shape index (κ2) is 8.95. The van der Waals surface area contributed by atoms with Gasteiger partial charge in [0.05, 0.1) is 18.7 Å². The molecule has 1 atom stereocenters. The number of carbonyl (C=O) groups is 1. The number of amides is 1. The summed E-state index contributed by atoms with van der Waals surface area (Å²) in [5.41, 5.74) is 3.52. The van der Waals surface area contributed by atoms with Gasteiger partial charge in [-0.05, 0) is 30.2 Å². The Morgan fingerprint density at radius 1 is 1.13 bits per heavy atom. The minimum absolute atomic E-state index is 0.0318. The van der Waals surface area contributed by atoms with E-state index >= 15 is 0 Å². The van der Waals surface area contributed by atoms with Gasteiger partial charge in [-0.2, -0.15) is 5.10 Å². The van der Waals surface area contributed by atoms with E-state index in [1.165, 1.54) is 12.1 Å². The normalized spacial score (nSPS) is 12.0. The van der Waals surface area contributed by atoms with E-state index in [-0.39, 0.29) is 17.6 Å². The minimum atomic E-state index is -0.287. The van der Waals surface area contributed by atoms with E-state index < -0.39 is 0 Å². The predicted octanol–water partition coefficient (Wildman–Crippen LogP) is 4.01. The molecule has 0 unspecified atom stereocenters. The van der Waals surface area contributed by atoms with Crippen LogP contribution in [0.3, 0.4) is 0 Å². The molecule has 2 aromatic carbocycles. The third kappa shape index (κ3) is 4.40. The van der Waals surface area contributed by atoms with Crippen LogP contribution in [0.5, 0.6) is 0 Å². The van der Waals surface area contributed by atoms with Crippen LogP contribution in [0.1, 0.15) is 18.4 Å². The molecule has 4 rings (SSSR count). The van der Waals surface area contributed by atoms with Gasteiger partial charge in [-0.25, -0.2) is 9.37 Å². The summed E-state index contributed by atoms with van der Waals surface area (Å²) < 4.78 is 17.1. The first-order valence-corrected chi connectivity index (χ1v) is 10.2. The number of benzene rings is 2. The number of hydrogen-bond acceptors (Lipinski definition) is 3. The third-order valence-electron chi connectivity index (χ3n) is 5.34. The molecule has 0 bridgehead atoms. The number of aryl methyl sites for hydroxylation is 1. The zero-order valence-electron chi connectivity index (χ0n) is 17.5. The molecule has 0 aliphatic carbocycles. The first kappa shape index (κ1) is 20.5. The van der Waals surface area contributed by atoms with Gasteiger partial charge in [-0.15, -0.1) is 0 Å². The molecule has 31 heavy (non-hydrogen) atoms. The van der Waals surface area contributed by atoms with E-state index in [2.05, 4.69) is 15.4 Å². The Kier molecular flexibility index (Phi) is 5.93. The fourth-order valence-electron chi connectivity index (χ4n) is 3.56. The van der Waals surface area contributed by atoms with E-state index in [0.29, 0.717) is 13.1 Å². The van der Waals surface area contributed by atoms with Crippen LogP contribution in [0.15, 0.2) is 73.2 Å². The van der Waals surface area contributed by atoms with Gasteiger partial charge in [-0.1, -0.05) is 42.5 Å². The molecule has 0 saturated heterocycles. The lowest BCUT2D eigenvalue weighted by Gasteiger charge is -2.14. The highest BCUT2D eigenvalue weighted by molar-refractivity contribution is 5.83. The van der Waals surface area contributed by atoms with Crippen molar-refractivity contribution >= 4 is 5.91 Å². The van der Waals surface area contributed by atoms with Crippen molar-refractivity contribution in [2.24, 2.45) is 7.05 Å². The summed E-state index contributed by atoms with van der Waals surface area (Å²) in [5, 5.41) is 7.53. The number of nitrogens with one attached hydrogen (secondary N) is 1. The Balaban J connectivity index is 1.54. The van der Waals surface area contributed by atoms with Crippen LogP contribution < -0.4 is 5.32 Å². The largest absolute Gasteiger partial charge is 0.354 e. The number of halogens is 1. The molecule has 2 heterocycles. The molecule has 7 heteroatoms. The zero-order chi connectivity index (χ0) is 21.8. The van der Waals surface area contributed by atoms with Gasteiger partial charge in [0.2, 0.25) is 5.91 Å². The van der Waals surface area contributed by atoms with Gasteiger partial charge in [0.1, 0.15) is 11.5 Å². The zero-order valence-corrected chi connectivity index (χ0v) is 17.5. The van der Waals surface area contributed by atoms with Crippen molar-refractivity contribution in [3.63, 3.8) is 0 Å². The minimum Gasteiger partial charge on any atom is -0.354 e. The Morgan fingerprint density at radius 2 is 1.87 bits per heavy atom. The quantitative estimate of drug-likeness (QED) is 0.494. The molecule has 0 aliphatic heterocycles. The molecule has 6 nitrogen and oxygen atoms in total. The second-order valence-electron chi connectivity index (χ2n) is 7.42. The monoisotopic (exact) mass is 417 g/mol. The van der Waals surface area contributed by atoms with Gasteiger partial charge in [0.15, 0.2) is 5.82 Å².